The third-order valence-electron chi connectivity index (χ3n) is 7.85. The third kappa shape index (κ3) is 8.12. The molecule has 2 N–H and O–H groups in total. The van der Waals surface area contributed by atoms with Crippen LogP contribution in [0, 0.1) is 17.7 Å². The van der Waals surface area contributed by atoms with Gasteiger partial charge in [-0.3, -0.25) is 0 Å². The van der Waals surface area contributed by atoms with Crippen molar-refractivity contribution >= 4 is 29.1 Å². The average Bonchev–Trinajstić information content (AvgIpc) is 3.55. The van der Waals surface area contributed by atoms with Gasteiger partial charge in [-0.25, -0.2) is 19.0 Å². The van der Waals surface area contributed by atoms with Crippen LogP contribution in [-0.4, -0.2) is 58.2 Å². The maximum atomic E-state index is 13.5. The summed E-state index contributed by atoms with van der Waals surface area (Å²) in [7, 11) is 0. The summed E-state index contributed by atoms with van der Waals surface area (Å²) in [6.07, 6.45) is 5.21. The van der Waals surface area contributed by atoms with Crippen molar-refractivity contribution in [3.63, 3.8) is 0 Å². The van der Waals surface area contributed by atoms with E-state index in [9.17, 15) is 14.0 Å². The van der Waals surface area contributed by atoms with E-state index in [2.05, 4.69) is 44.5 Å². The summed E-state index contributed by atoms with van der Waals surface area (Å²) in [5, 5.41) is 5.81. The zero-order valence-electron chi connectivity index (χ0n) is 27.2. The number of piperazine rings is 1. The Morgan fingerprint density at radius 3 is 2.38 bits per heavy atom. The van der Waals surface area contributed by atoms with Crippen molar-refractivity contribution < 1.29 is 18.7 Å². The lowest BCUT2D eigenvalue weighted by molar-refractivity contribution is 0.0240. The first kappa shape index (κ1) is 32.1. The van der Waals surface area contributed by atoms with Gasteiger partial charge in [-0.2, -0.15) is 0 Å². The van der Waals surface area contributed by atoms with Crippen LogP contribution in [0.5, 0.6) is 0 Å². The van der Waals surface area contributed by atoms with E-state index >= 15 is 0 Å². The van der Waals surface area contributed by atoms with Gasteiger partial charge in [-0.05, 0) is 98.1 Å². The van der Waals surface area contributed by atoms with E-state index < -0.39 is 5.60 Å². The molecule has 2 aromatic heterocycles. The molecule has 10 heteroatoms. The summed E-state index contributed by atoms with van der Waals surface area (Å²) >= 11 is 0. The first-order valence-corrected chi connectivity index (χ1v) is 15.8. The smallest absolute Gasteiger partial charge is 0.410 e. The van der Waals surface area contributed by atoms with E-state index in [0.29, 0.717) is 49.5 Å². The van der Waals surface area contributed by atoms with Gasteiger partial charge in [-0.15, -0.1) is 0 Å². The summed E-state index contributed by atoms with van der Waals surface area (Å²) in [5.41, 5.74) is 6.09. The highest BCUT2D eigenvalue weighted by Gasteiger charge is 2.26. The summed E-state index contributed by atoms with van der Waals surface area (Å²) in [5.74, 6) is 6.03. The number of rotatable bonds is 5. The second-order valence-electron chi connectivity index (χ2n) is 12.6. The lowest BCUT2D eigenvalue weighted by Gasteiger charge is -2.36. The Kier molecular flexibility index (Phi) is 9.30. The SMILES string of the molecule is CC(C)(C)OC(=O)N1CCN(c2ccc(-c3ccc(NC(=O)NCc4ccn5ccnc5c4)cc3C#Cc3ccc(F)cc3)cc2)CC1. The number of nitrogens with one attached hydrogen (secondary N) is 2. The minimum absolute atomic E-state index is 0.283. The highest BCUT2D eigenvalue weighted by Crippen LogP contribution is 2.29. The first-order valence-electron chi connectivity index (χ1n) is 15.8. The molecule has 3 aromatic carbocycles. The highest BCUT2D eigenvalue weighted by molar-refractivity contribution is 5.90. The zero-order chi connectivity index (χ0) is 33.7. The Labute approximate surface area is 279 Å². The summed E-state index contributed by atoms with van der Waals surface area (Å²) in [6.45, 7) is 8.52. The summed E-state index contributed by atoms with van der Waals surface area (Å²) < 4.78 is 20.9. The van der Waals surface area contributed by atoms with Crippen molar-refractivity contribution in [3.8, 4) is 23.0 Å². The standard InChI is InChI=1S/C38H37FN6O3/c1-38(2,3)48-37(47)45-22-20-43(21-23-45)33-13-8-29(9-14-33)34-15-12-32(25-30(34)7-4-27-5-10-31(39)11-6-27)42-36(46)41-26-28-16-18-44-19-17-40-35(44)24-28/h5-6,8-19,24-25H,20-23,26H2,1-3H3,(H2,41,42,46). The quantitative estimate of drug-likeness (QED) is 0.203. The summed E-state index contributed by atoms with van der Waals surface area (Å²) in [6, 6.07) is 23.4. The van der Waals surface area contributed by atoms with Crippen molar-refractivity contribution in [3.05, 3.63) is 120 Å². The van der Waals surface area contributed by atoms with Gasteiger partial charge in [0.25, 0.3) is 0 Å². The maximum absolute atomic E-state index is 13.5. The van der Waals surface area contributed by atoms with Crippen molar-refractivity contribution in [2.24, 2.45) is 0 Å². The Morgan fingerprint density at radius 1 is 0.896 bits per heavy atom. The molecule has 9 nitrogen and oxygen atoms in total. The molecule has 0 spiro atoms. The van der Waals surface area contributed by atoms with Crippen molar-refractivity contribution in [1.29, 1.82) is 0 Å². The van der Waals surface area contributed by atoms with Crippen LogP contribution >= 0.6 is 0 Å². The molecule has 3 heterocycles. The number of carbonyl (C=O) groups excluding carboxylic acids is 2. The van der Waals surface area contributed by atoms with Gasteiger partial charge < -0.3 is 29.6 Å². The van der Waals surface area contributed by atoms with E-state index in [4.69, 9.17) is 4.74 Å². The molecule has 1 saturated heterocycles. The highest BCUT2D eigenvalue weighted by atomic mass is 19.1. The molecule has 0 unspecified atom stereocenters. The van der Waals surface area contributed by atoms with Crippen LogP contribution in [0.25, 0.3) is 16.8 Å². The number of urea groups is 1. The van der Waals surface area contributed by atoms with Gasteiger partial charge >= 0.3 is 12.1 Å². The predicted octanol–water partition coefficient (Wildman–Crippen LogP) is 6.92. The molecule has 244 valence electrons. The number of pyridine rings is 1. The van der Waals surface area contributed by atoms with E-state index in [0.717, 1.165) is 28.0 Å². The predicted molar refractivity (Wildman–Crippen MR) is 185 cm³/mol. The summed E-state index contributed by atoms with van der Waals surface area (Å²) in [4.78, 5) is 33.6. The number of hydrogen-bond acceptors (Lipinski definition) is 5. The van der Waals surface area contributed by atoms with E-state index in [1.54, 1.807) is 23.2 Å². The molecule has 0 aliphatic carbocycles. The molecular weight excluding hydrogens is 607 g/mol. The maximum Gasteiger partial charge on any atom is 0.410 e. The van der Waals surface area contributed by atoms with Gasteiger partial charge in [-0.1, -0.05) is 30.0 Å². The van der Waals surface area contributed by atoms with E-state index in [-0.39, 0.29) is 17.9 Å². The molecule has 6 rings (SSSR count). The monoisotopic (exact) mass is 644 g/mol. The number of nitrogens with zero attached hydrogens (tertiary/aromatic N) is 4. The third-order valence-corrected chi connectivity index (χ3v) is 7.85. The number of halogens is 1. The molecule has 0 atom stereocenters. The van der Waals surface area contributed by atoms with Crippen LogP contribution in [0.1, 0.15) is 37.5 Å². The van der Waals surface area contributed by atoms with Crippen LogP contribution < -0.4 is 15.5 Å². The molecule has 5 aromatic rings. The van der Waals surface area contributed by atoms with Gasteiger partial charge in [0.1, 0.15) is 17.1 Å². The van der Waals surface area contributed by atoms with Crippen LogP contribution in [-0.2, 0) is 11.3 Å². The number of ether oxygens (including phenoxy) is 1. The average molecular weight is 645 g/mol. The fraction of sp³-hybridized carbons (Fsp3) is 0.237. The van der Waals surface area contributed by atoms with Gasteiger partial charge in [0.2, 0.25) is 0 Å². The molecule has 0 saturated carbocycles. The Hall–Kier alpha value is -5.82. The fourth-order valence-electron chi connectivity index (χ4n) is 5.40. The molecule has 1 fully saturated rings. The lowest BCUT2D eigenvalue weighted by atomic mass is 9.98. The topological polar surface area (TPSA) is 91.2 Å². The zero-order valence-corrected chi connectivity index (χ0v) is 27.2. The van der Waals surface area contributed by atoms with Crippen molar-refractivity contribution in [1.82, 2.24) is 19.6 Å². The second kappa shape index (κ2) is 13.9. The van der Waals surface area contributed by atoms with E-state index in [1.165, 1.54) is 12.1 Å². The molecule has 1 aliphatic rings. The normalized spacial score (nSPS) is 13.1. The minimum Gasteiger partial charge on any atom is -0.444 e. The fourth-order valence-corrected chi connectivity index (χ4v) is 5.40. The van der Waals surface area contributed by atoms with Gasteiger partial charge in [0.15, 0.2) is 0 Å². The molecule has 0 radical (unpaired) electrons. The van der Waals surface area contributed by atoms with Crippen LogP contribution in [0.2, 0.25) is 0 Å². The Bertz CT molecular complexity index is 1980. The van der Waals surface area contributed by atoms with Crippen molar-refractivity contribution in [2.45, 2.75) is 32.9 Å². The number of imidazole rings is 1. The van der Waals surface area contributed by atoms with Gasteiger partial charge in [0, 0.05) is 73.8 Å². The number of aromatic nitrogens is 2. The molecule has 1 aliphatic heterocycles. The minimum atomic E-state index is -0.524. The Balaban J connectivity index is 1.16. The molecule has 0 bridgehead atoms. The van der Waals surface area contributed by atoms with Gasteiger partial charge in [0.05, 0.1) is 0 Å². The van der Waals surface area contributed by atoms with Crippen molar-refractivity contribution in [2.75, 3.05) is 36.4 Å². The number of hydrogen-bond donors (Lipinski definition) is 2. The Morgan fingerprint density at radius 2 is 1.65 bits per heavy atom. The number of fused-ring (bicyclic) bond motifs is 1. The van der Waals surface area contributed by atoms with Crippen LogP contribution in [0.3, 0.4) is 0 Å². The largest absolute Gasteiger partial charge is 0.444 e. The second-order valence-corrected chi connectivity index (χ2v) is 12.6. The molecule has 48 heavy (non-hydrogen) atoms. The van der Waals surface area contributed by atoms with Crippen LogP contribution in [0.15, 0.2) is 97.5 Å². The van der Waals surface area contributed by atoms with E-state index in [1.807, 2.05) is 80.0 Å². The lowest BCUT2D eigenvalue weighted by Crippen LogP contribution is -2.50. The number of benzene rings is 3. The van der Waals surface area contributed by atoms with Crippen LogP contribution in [0.4, 0.5) is 25.4 Å². The number of amides is 3. The first-order chi connectivity index (χ1) is 23.1. The molecular formula is C38H37FN6O3. The number of anilines is 2. The molecule has 3 amide bonds. The number of carbonyl (C=O) groups is 2.